The molecule has 36 heavy (non-hydrogen) atoms. The van der Waals surface area contributed by atoms with Crippen molar-refractivity contribution in [3.8, 4) is 22.9 Å². The van der Waals surface area contributed by atoms with Gasteiger partial charge in [0, 0.05) is 47.8 Å². The molecule has 2 heterocycles. The smallest absolute Gasteiger partial charge is 0.262 e. The minimum absolute atomic E-state index is 0.0631. The molecule has 0 radical (unpaired) electrons. The van der Waals surface area contributed by atoms with Crippen molar-refractivity contribution >= 4 is 28.3 Å². The predicted octanol–water partition coefficient (Wildman–Crippen LogP) is 3.49. The number of methoxy groups -OCH3 is 1. The molecule has 0 bridgehead atoms. The van der Waals surface area contributed by atoms with E-state index in [1.807, 2.05) is 0 Å². The first kappa shape index (κ1) is 23.0. The Morgan fingerprint density at radius 3 is 2.61 bits per heavy atom. The van der Waals surface area contributed by atoms with E-state index in [9.17, 15) is 14.4 Å². The van der Waals surface area contributed by atoms with Gasteiger partial charge in [-0.1, -0.05) is 24.3 Å². The molecule has 9 nitrogen and oxygen atoms in total. The molecule has 1 aliphatic rings. The highest BCUT2D eigenvalue weighted by atomic mass is 16.7. The summed E-state index contributed by atoms with van der Waals surface area (Å²) in [5.74, 6) is 1.13. The van der Waals surface area contributed by atoms with Crippen molar-refractivity contribution in [2.75, 3.05) is 25.8 Å². The molecule has 3 aromatic carbocycles. The van der Waals surface area contributed by atoms with Crippen molar-refractivity contribution in [1.82, 2.24) is 9.88 Å². The lowest BCUT2D eigenvalue weighted by atomic mass is 10.1. The molecule has 1 aromatic heterocycles. The molecule has 0 fully saturated rings. The third kappa shape index (κ3) is 4.58. The largest absolute Gasteiger partial charge is 0.497 e. The number of amides is 2. The summed E-state index contributed by atoms with van der Waals surface area (Å²) in [6.45, 7) is 0.264. The van der Waals surface area contributed by atoms with Gasteiger partial charge < -0.3 is 24.8 Å². The first-order valence-corrected chi connectivity index (χ1v) is 11.3. The number of fused-ring (bicyclic) bond motifs is 2. The summed E-state index contributed by atoms with van der Waals surface area (Å²) in [5.41, 5.74) is 1.22. The van der Waals surface area contributed by atoms with Crippen LogP contribution in [0.3, 0.4) is 0 Å². The van der Waals surface area contributed by atoms with Crippen LogP contribution in [-0.4, -0.2) is 36.8 Å². The Hall–Kier alpha value is -4.79. The summed E-state index contributed by atoms with van der Waals surface area (Å²) in [4.78, 5) is 38.7. The fourth-order valence-electron chi connectivity index (χ4n) is 4.01. The highest BCUT2D eigenvalue weighted by Gasteiger charge is 2.17. The third-order valence-corrected chi connectivity index (χ3v) is 5.79. The van der Waals surface area contributed by atoms with Crippen LogP contribution in [0.5, 0.6) is 17.2 Å². The SMILES string of the molecule is COc1cccc(-n2cc(C(=O)NCCC(=O)Nc3ccc4c(c3)OCO4)c3ccccc3c2=O)c1. The van der Waals surface area contributed by atoms with E-state index in [0.29, 0.717) is 45.0 Å². The number of rotatable bonds is 7. The van der Waals surface area contributed by atoms with Gasteiger partial charge in [0.05, 0.1) is 18.4 Å². The molecule has 0 saturated carbocycles. The molecule has 5 rings (SSSR count). The van der Waals surface area contributed by atoms with Gasteiger partial charge in [0.2, 0.25) is 12.7 Å². The van der Waals surface area contributed by atoms with Crippen molar-refractivity contribution in [3.05, 3.63) is 88.8 Å². The number of aromatic nitrogens is 1. The Labute approximate surface area is 206 Å². The van der Waals surface area contributed by atoms with E-state index in [1.54, 1.807) is 73.8 Å². The first-order chi connectivity index (χ1) is 17.5. The highest BCUT2D eigenvalue weighted by molar-refractivity contribution is 6.06. The summed E-state index contributed by atoms with van der Waals surface area (Å²) in [6.07, 6.45) is 1.58. The predicted molar refractivity (Wildman–Crippen MR) is 134 cm³/mol. The van der Waals surface area contributed by atoms with E-state index in [4.69, 9.17) is 14.2 Å². The molecule has 0 saturated heterocycles. The van der Waals surface area contributed by atoms with Crippen LogP contribution in [-0.2, 0) is 4.79 Å². The van der Waals surface area contributed by atoms with Gasteiger partial charge in [-0.3, -0.25) is 19.0 Å². The molecule has 0 atom stereocenters. The molecule has 9 heteroatoms. The van der Waals surface area contributed by atoms with Crippen LogP contribution in [0, 0.1) is 0 Å². The minimum Gasteiger partial charge on any atom is -0.497 e. The Morgan fingerprint density at radius 1 is 0.972 bits per heavy atom. The van der Waals surface area contributed by atoms with Crippen LogP contribution < -0.4 is 30.4 Å². The van der Waals surface area contributed by atoms with Crippen molar-refractivity contribution in [1.29, 1.82) is 0 Å². The number of ether oxygens (including phenoxy) is 3. The molecule has 4 aromatic rings. The molecule has 2 N–H and O–H groups in total. The molecule has 0 aliphatic carbocycles. The maximum absolute atomic E-state index is 13.2. The summed E-state index contributed by atoms with van der Waals surface area (Å²) >= 11 is 0. The Kier molecular flexibility index (Phi) is 6.27. The number of hydrogen-bond donors (Lipinski definition) is 2. The molecule has 2 amide bonds. The van der Waals surface area contributed by atoms with E-state index < -0.39 is 5.91 Å². The van der Waals surface area contributed by atoms with Gasteiger partial charge >= 0.3 is 0 Å². The van der Waals surface area contributed by atoms with Crippen LogP contribution in [0.4, 0.5) is 5.69 Å². The maximum Gasteiger partial charge on any atom is 0.262 e. The lowest BCUT2D eigenvalue weighted by Crippen LogP contribution is -2.29. The van der Waals surface area contributed by atoms with Crippen LogP contribution in [0.25, 0.3) is 16.5 Å². The van der Waals surface area contributed by atoms with Gasteiger partial charge in [0.25, 0.3) is 11.5 Å². The van der Waals surface area contributed by atoms with Crippen molar-refractivity contribution in [3.63, 3.8) is 0 Å². The van der Waals surface area contributed by atoms with Gasteiger partial charge in [-0.05, 0) is 30.3 Å². The molecular weight excluding hydrogens is 462 g/mol. The Morgan fingerprint density at radius 2 is 1.78 bits per heavy atom. The monoisotopic (exact) mass is 485 g/mol. The zero-order valence-corrected chi connectivity index (χ0v) is 19.4. The van der Waals surface area contributed by atoms with Gasteiger partial charge in [-0.15, -0.1) is 0 Å². The van der Waals surface area contributed by atoms with Gasteiger partial charge in [0.1, 0.15) is 5.75 Å². The Bertz CT molecular complexity index is 1530. The number of nitrogens with one attached hydrogen (secondary N) is 2. The van der Waals surface area contributed by atoms with Crippen molar-refractivity contribution in [2.45, 2.75) is 6.42 Å². The second kappa shape index (κ2) is 9.83. The highest BCUT2D eigenvalue weighted by Crippen LogP contribution is 2.34. The number of carbonyl (C=O) groups is 2. The number of carbonyl (C=O) groups excluding carboxylic acids is 2. The lowest BCUT2D eigenvalue weighted by Gasteiger charge is -2.13. The van der Waals surface area contributed by atoms with Crippen molar-refractivity contribution in [2.24, 2.45) is 0 Å². The van der Waals surface area contributed by atoms with Gasteiger partial charge in [0.15, 0.2) is 11.5 Å². The lowest BCUT2D eigenvalue weighted by molar-refractivity contribution is -0.116. The van der Waals surface area contributed by atoms with E-state index in [-0.39, 0.29) is 31.2 Å². The first-order valence-electron chi connectivity index (χ1n) is 11.3. The fraction of sp³-hybridized carbons (Fsp3) is 0.148. The summed E-state index contributed by atoms with van der Waals surface area (Å²) in [6, 6.07) is 19.1. The molecule has 1 aliphatic heterocycles. The van der Waals surface area contributed by atoms with Crippen LogP contribution in [0.2, 0.25) is 0 Å². The zero-order chi connectivity index (χ0) is 25.1. The fourth-order valence-corrected chi connectivity index (χ4v) is 4.01. The Balaban J connectivity index is 1.32. The maximum atomic E-state index is 13.2. The standard InChI is InChI=1S/C27H23N3O6/c1-34-19-6-4-5-18(14-19)30-15-22(20-7-2-3-8-21(20)27(30)33)26(32)28-12-11-25(31)29-17-9-10-23-24(13-17)36-16-35-23/h2-10,13-15H,11-12,16H2,1H3,(H,28,32)(H,29,31). The second-order valence-corrected chi connectivity index (χ2v) is 8.09. The van der Waals surface area contributed by atoms with Crippen LogP contribution >= 0.6 is 0 Å². The van der Waals surface area contributed by atoms with E-state index >= 15 is 0 Å². The number of pyridine rings is 1. The molecular formula is C27H23N3O6. The summed E-state index contributed by atoms with van der Waals surface area (Å²) < 4.78 is 17.3. The van der Waals surface area contributed by atoms with Gasteiger partial charge in [-0.2, -0.15) is 0 Å². The zero-order valence-electron chi connectivity index (χ0n) is 19.4. The summed E-state index contributed by atoms with van der Waals surface area (Å²) in [5, 5.41) is 6.51. The number of benzene rings is 3. The van der Waals surface area contributed by atoms with E-state index in [2.05, 4.69) is 10.6 Å². The van der Waals surface area contributed by atoms with E-state index in [1.165, 1.54) is 10.8 Å². The minimum atomic E-state index is -0.390. The summed E-state index contributed by atoms with van der Waals surface area (Å²) in [7, 11) is 1.55. The van der Waals surface area contributed by atoms with Crippen LogP contribution in [0.15, 0.2) is 77.7 Å². The quantitative estimate of drug-likeness (QED) is 0.415. The second-order valence-electron chi connectivity index (χ2n) is 8.09. The average Bonchev–Trinajstić information content (AvgIpc) is 3.37. The molecule has 0 spiro atoms. The molecule has 0 unspecified atom stereocenters. The van der Waals surface area contributed by atoms with E-state index in [0.717, 1.165) is 0 Å². The topological polar surface area (TPSA) is 108 Å². The average molecular weight is 485 g/mol. The van der Waals surface area contributed by atoms with Crippen molar-refractivity contribution < 1.29 is 23.8 Å². The normalized spacial score (nSPS) is 11.8. The number of hydrogen-bond acceptors (Lipinski definition) is 6. The number of nitrogens with zero attached hydrogens (tertiary/aromatic N) is 1. The molecule has 182 valence electrons. The van der Waals surface area contributed by atoms with Gasteiger partial charge in [-0.25, -0.2) is 0 Å². The van der Waals surface area contributed by atoms with Crippen LogP contribution in [0.1, 0.15) is 16.8 Å². The third-order valence-electron chi connectivity index (χ3n) is 5.79. The number of anilines is 1.